The van der Waals surface area contributed by atoms with E-state index in [1.807, 2.05) is 10.9 Å². The van der Waals surface area contributed by atoms with Crippen molar-refractivity contribution in [2.45, 2.75) is 52.2 Å². The Labute approximate surface area is 114 Å². The number of aliphatic hydroxyl groups excluding tert-OH is 1. The van der Waals surface area contributed by atoms with Crippen molar-refractivity contribution in [2.75, 3.05) is 5.32 Å². The Morgan fingerprint density at radius 1 is 1.58 bits per heavy atom. The fraction of sp³-hybridized carbons (Fsp3) is 0.714. The maximum absolute atomic E-state index is 12.0. The summed E-state index contributed by atoms with van der Waals surface area (Å²) >= 11 is 0. The van der Waals surface area contributed by atoms with E-state index in [2.05, 4.69) is 24.3 Å². The van der Waals surface area contributed by atoms with E-state index in [9.17, 15) is 9.90 Å². The summed E-state index contributed by atoms with van der Waals surface area (Å²) in [5.74, 6) is 0.823. The number of aryl methyl sites for hydroxylation is 1. The van der Waals surface area contributed by atoms with Crippen molar-refractivity contribution in [3.63, 3.8) is 0 Å². The lowest BCUT2D eigenvalue weighted by molar-refractivity contribution is -0.122. The van der Waals surface area contributed by atoms with Crippen LogP contribution in [0.2, 0.25) is 0 Å². The van der Waals surface area contributed by atoms with Gasteiger partial charge in [0.05, 0.1) is 12.0 Å². The molecule has 1 fully saturated rings. The maximum Gasteiger partial charge on any atom is 0.231 e. The monoisotopic (exact) mass is 265 g/mol. The number of hydrogen-bond donors (Lipinski definition) is 2. The minimum atomic E-state index is -0.497. The van der Waals surface area contributed by atoms with Gasteiger partial charge in [-0.15, -0.1) is 0 Å². The lowest BCUT2D eigenvalue weighted by Gasteiger charge is -2.12. The van der Waals surface area contributed by atoms with Crippen molar-refractivity contribution in [2.24, 2.45) is 11.8 Å². The highest BCUT2D eigenvalue weighted by atomic mass is 16.3. The zero-order valence-corrected chi connectivity index (χ0v) is 11.7. The van der Waals surface area contributed by atoms with Gasteiger partial charge in [-0.1, -0.05) is 13.8 Å². The molecule has 1 aromatic heterocycles. The molecule has 2 N–H and O–H groups in total. The Kier molecular flexibility index (Phi) is 4.58. The van der Waals surface area contributed by atoms with E-state index in [-0.39, 0.29) is 11.8 Å². The van der Waals surface area contributed by atoms with Crippen LogP contribution < -0.4 is 5.32 Å². The molecule has 0 aliphatic heterocycles. The zero-order chi connectivity index (χ0) is 13.8. The Hall–Kier alpha value is -1.36. The van der Waals surface area contributed by atoms with Crippen molar-refractivity contribution in [1.29, 1.82) is 0 Å². The number of anilines is 1. The molecular weight excluding hydrogens is 242 g/mol. The number of carbonyl (C=O) groups excluding carboxylic acids is 1. The average molecular weight is 265 g/mol. The van der Waals surface area contributed by atoms with Crippen LogP contribution in [0.3, 0.4) is 0 Å². The highest BCUT2D eigenvalue weighted by Crippen LogP contribution is 2.26. The lowest BCUT2D eigenvalue weighted by atomic mass is 10.1. The topological polar surface area (TPSA) is 67.2 Å². The molecule has 1 aliphatic carbocycles. The van der Waals surface area contributed by atoms with E-state index >= 15 is 0 Å². The van der Waals surface area contributed by atoms with Gasteiger partial charge in [0.25, 0.3) is 0 Å². The van der Waals surface area contributed by atoms with Gasteiger partial charge in [0.1, 0.15) is 0 Å². The SMILES string of the molecule is CC(C)CCn1ccc(NC(=O)C2CCCC2O)n1. The smallest absolute Gasteiger partial charge is 0.231 e. The lowest BCUT2D eigenvalue weighted by Crippen LogP contribution is -2.28. The minimum Gasteiger partial charge on any atom is -0.392 e. The quantitative estimate of drug-likeness (QED) is 0.856. The molecule has 19 heavy (non-hydrogen) atoms. The number of nitrogens with one attached hydrogen (secondary N) is 1. The van der Waals surface area contributed by atoms with Gasteiger partial charge in [0.2, 0.25) is 5.91 Å². The number of amides is 1. The van der Waals surface area contributed by atoms with Crippen LogP contribution in [0.5, 0.6) is 0 Å². The summed E-state index contributed by atoms with van der Waals surface area (Å²) in [6.45, 7) is 5.21. The highest BCUT2D eigenvalue weighted by molar-refractivity contribution is 5.92. The molecular formula is C14H23N3O2. The van der Waals surface area contributed by atoms with Gasteiger partial charge in [-0.3, -0.25) is 9.48 Å². The summed E-state index contributed by atoms with van der Waals surface area (Å²) in [4.78, 5) is 12.0. The number of carbonyl (C=O) groups is 1. The Morgan fingerprint density at radius 2 is 2.37 bits per heavy atom. The van der Waals surface area contributed by atoms with Crippen molar-refractivity contribution in [1.82, 2.24) is 9.78 Å². The fourth-order valence-electron chi connectivity index (χ4n) is 2.41. The molecule has 0 aromatic carbocycles. The predicted octanol–water partition coefficient (Wildman–Crippen LogP) is 2.03. The molecule has 0 saturated heterocycles. The first-order chi connectivity index (χ1) is 9.06. The fourth-order valence-corrected chi connectivity index (χ4v) is 2.41. The van der Waals surface area contributed by atoms with Gasteiger partial charge < -0.3 is 10.4 Å². The van der Waals surface area contributed by atoms with E-state index in [1.165, 1.54) is 0 Å². The maximum atomic E-state index is 12.0. The first kappa shape index (κ1) is 14.1. The minimum absolute atomic E-state index is 0.112. The molecule has 5 heteroatoms. The van der Waals surface area contributed by atoms with Crippen LogP contribution in [0.4, 0.5) is 5.82 Å². The third-order valence-corrected chi connectivity index (χ3v) is 3.64. The number of nitrogens with zero attached hydrogens (tertiary/aromatic N) is 2. The summed E-state index contributed by atoms with van der Waals surface area (Å²) in [6, 6.07) is 1.81. The summed E-state index contributed by atoms with van der Waals surface area (Å²) in [6.07, 6.45) is 4.85. The molecule has 1 aromatic rings. The second-order valence-corrected chi connectivity index (χ2v) is 5.74. The molecule has 1 heterocycles. The van der Waals surface area contributed by atoms with Crippen LogP contribution >= 0.6 is 0 Å². The summed E-state index contributed by atoms with van der Waals surface area (Å²) in [5.41, 5.74) is 0. The number of aromatic nitrogens is 2. The van der Waals surface area contributed by atoms with Crippen LogP contribution in [0.1, 0.15) is 39.5 Å². The van der Waals surface area contributed by atoms with Crippen molar-refractivity contribution in [3.8, 4) is 0 Å². The van der Waals surface area contributed by atoms with Crippen LogP contribution in [0, 0.1) is 11.8 Å². The van der Waals surface area contributed by atoms with Crippen molar-refractivity contribution >= 4 is 11.7 Å². The second kappa shape index (κ2) is 6.19. The van der Waals surface area contributed by atoms with Crippen LogP contribution in [-0.4, -0.2) is 26.9 Å². The van der Waals surface area contributed by atoms with Crippen LogP contribution in [-0.2, 0) is 11.3 Å². The molecule has 2 atom stereocenters. The van der Waals surface area contributed by atoms with E-state index in [1.54, 1.807) is 6.07 Å². The van der Waals surface area contributed by atoms with E-state index in [4.69, 9.17) is 0 Å². The molecule has 1 amide bonds. The van der Waals surface area contributed by atoms with Gasteiger partial charge in [-0.05, 0) is 31.6 Å². The summed E-state index contributed by atoms with van der Waals surface area (Å²) < 4.78 is 1.85. The number of rotatable bonds is 5. The number of aliphatic hydroxyl groups is 1. The average Bonchev–Trinajstić information content (AvgIpc) is 2.95. The molecule has 0 radical (unpaired) electrons. The molecule has 1 saturated carbocycles. The molecule has 106 valence electrons. The van der Waals surface area contributed by atoms with Gasteiger partial charge in [-0.2, -0.15) is 5.10 Å². The van der Waals surface area contributed by atoms with Crippen LogP contribution in [0.25, 0.3) is 0 Å². The van der Waals surface area contributed by atoms with E-state index in [0.717, 1.165) is 32.2 Å². The molecule has 2 unspecified atom stereocenters. The highest BCUT2D eigenvalue weighted by Gasteiger charge is 2.31. The Morgan fingerprint density at radius 3 is 3.00 bits per heavy atom. The largest absolute Gasteiger partial charge is 0.392 e. The first-order valence-corrected chi connectivity index (χ1v) is 7.08. The molecule has 0 spiro atoms. The molecule has 2 rings (SSSR count). The van der Waals surface area contributed by atoms with Crippen LogP contribution in [0.15, 0.2) is 12.3 Å². The van der Waals surface area contributed by atoms with Crippen molar-refractivity contribution in [3.05, 3.63) is 12.3 Å². The Balaban J connectivity index is 1.87. The van der Waals surface area contributed by atoms with Gasteiger partial charge >= 0.3 is 0 Å². The van der Waals surface area contributed by atoms with Gasteiger partial charge in [0, 0.05) is 18.8 Å². The van der Waals surface area contributed by atoms with E-state index < -0.39 is 6.10 Å². The summed E-state index contributed by atoms with van der Waals surface area (Å²) in [5, 5.41) is 16.8. The number of hydrogen-bond acceptors (Lipinski definition) is 3. The summed E-state index contributed by atoms with van der Waals surface area (Å²) in [7, 11) is 0. The van der Waals surface area contributed by atoms with Gasteiger partial charge in [-0.25, -0.2) is 0 Å². The second-order valence-electron chi connectivity index (χ2n) is 5.74. The normalized spacial score (nSPS) is 22.9. The predicted molar refractivity (Wildman–Crippen MR) is 73.7 cm³/mol. The third-order valence-electron chi connectivity index (χ3n) is 3.64. The van der Waals surface area contributed by atoms with Crippen molar-refractivity contribution < 1.29 is 9.90 Å². The Bertz CT molecular complexity index is 428. The molecule has 5 nitrogen and oxygen atoms in total. The first-order valence-electron chi connectivity index (χ1n) is 7.08. The molecule has 1 aliphatic rings. The van der Waals surface area contributed by atoms with E-state index in [0.29, 0.717) is 11.7 Å². The standard InChI is InChI=1S/C14H23N3O2/c1-10(2)6-8-17-9-7-13(16-17)15-14(19)11-4-3-5-12(11)18/h7,9-12,18H,3-6,8H2,1-2H3,(H,15,16,19). The zero-order valence-electron chi connectivity index (χ0n) is 11.7. The van der Waals surface area contributed by atoms with Gasteiger partial charge in [0.15, 0.2) is 5.82 Å². The third kappa shape index (κ3) is 3.80. The molecule has 0 bridgehead atoms.